The molecule has 2 heterocycles. The molecule has 0 aromatic heterocycles. The summed E-state index contributed by atoms with van der Waals surface area (Å²) in [5.74, 6) is 0.710. The van der Waals surface area contributed by atoms with E-state index in [2.05, 4.69) is 10.3 Å². The minimum absolute atomic E-state index is 0.0205. The van der Waals surface area contributed by atoms with Crippen molar-refractivity contribution in [1.29, 1.82) is 0 Å². The van der Waals surface area contributed by atoms with Gasteiger partial charge in [-0.25, -0.2) is 4.99 Å². The van der Waals surface area contributed by atoms with Crippen molar-refractivity contribution in [2.75, 3.05) is 46.4 Å². The molecule has 1 aromatic carbocycles. The molecule has 7 nitrogen and oxygen atoms in total. The summed E-state index contributed by atoms with van der Waals surface area (Å²) in [5, 5.41) is 3.14. The zero-order chi connectivity index (χ0) is 22.4. The van der Waals surface area contributed by atoms with Crippen LogP contribution in [0.25, 0.3) is 0 Å². The van der Waals surface area contributed by atoms with Gasteiger partial charge in [-0.15, -0.1) is 0 Å². The van der Waals surface area contributed by atoms with Gasteiger partial charge >= 0.3 is 6.18 Å². The maximum Gasteiger partial charge on any atom is 0.416 e. The Balaban J connectivity index is 1.68. The Morgan fingerprint density at radius 3 is 2.55 bits per heavy atom. The fourth-order valence-electron chi connectivity index (χ4n) is 3.78. The zero-order valence-corrected chi connectivity index (χ0v) is 17.9. The van der Waals surface area contributed by atoms with E-state index in [9.17, 15) is 18.0 Å². The van der Waals surface area contributed by atoms with Gasteiger partial charge in [-0.1, -0.05) is 6.07 Å². The number of halogens is 3. The number of guanidine groups is 1. The van der Waals surface area contributed by atoms with Crippen LogP contribution in [0.3, 0.4) is 0 Å². The van der Waals surface area contributed by atoms with Crippen molar-refractivity contribution in [3.05, 3.63) is 29.3 Å². The molecule has 1 aromatic rings. The molecule has 2 fully saturated rings. The van der Waals surface area contributed by atoms with Crippen LogP contribution in [0.1, 0.15) is 30.9 Å². The highest BCUT2D eigenvalue weighted by atomic mass is 19.4. The number of aliphatic imine (C=N–C) groups is 1. The van der Waals surface area contributed by atoms with Gasteiger partial charge in [0.05, 0.1) is 19.2 Å². The summed E-state index contributed by atoms with van der Waals surface area (Å²) < 4.78 is 50.8. The fourth-order valence-corrected chi connectivity index (χ4v) is 3.78. The molecule has 0 spiro atoms. The Morgan fingerprint density at radius 1 is 1.26 bits per heavy atom. The van der Waals surface area contributed by atoms with Crippen LogP contribution in [0.4, 0.5) is 13.2 Å². The van der Waals surface area contributed by atoms with Crippen molar-refractivity contribution in [3.63, 3.8) is 0 Å². The van der Waals surface area contributed by atoms with E-state index in [1.165, 1.54) is 19.2 Å². The number of nitrogens with one attached hydrogen (secondary N) is 1. The van der Waals surface area contributed by atoms with Crippen molar-refractivity contribution in [1.82, 2.24) is 15.1 Å². The van der Waals surface area contributed by atoms with E-state index >= 15 is 0 Å². The zero-order valence-electron chi connectivity index (χ0n) is 17.9. The van der Waals surface area contributed by atoms with Gasteiger partial charge in [-0.2, -0.15) is 13.2 Å². The first-order valence-corrected chi connectivity index (χ1v) is 10.5. The smallest absolute Gasteiger partial charge is 0.416 e. The number of amides is 1. The molecule has 0 saturated carbocycles. The summed E-state index contributed by atoms with van der Waals surface area (Å²) in [5.41, 5.74) is -0.672. The first-order chi connectivity index (χ1) is 14.8. The Labute approximate surface area is 180 Å². The van der Waals surface area contributed by atoms with E-state index in [1.807, 2.05) is 11.8 Å². The van der Waals surface area contributed by atoms with Crippen LogP contribution in [-0.2, 0) is 22.3 Å². The predicted molar refractivity (Wildman–Crippen MR) is 110 cm³/mol. The van der Waals surface area contributed by atoms with Gasteiger partial charge in [0.2, 0.25) is 0 Å². The number of piperazine rings is 1. The molecule has 1 atom stereocenters. The molecule has 0 aliphatic carbocycles. The highest BCUT2D eigenvalue weighted by molar-refractivity contribution is 5.83. The lowest BCUT2D eigenvalue weighted by Crippen LogP contribution is -2.55. The van der Waals surface area contributed by atoms with Gasteiger partial charge in [0.1, 0.15) is 11.9 Å². The topological polar surface area (TPSA) is 66.4 Å². The third-order valence-corrected chi connectivity index (χ3v) is 5.45. The number of hydrogen-bond donors (Lipinski definition) is 1. The standard InChI is InChI=1S/C21H29F3N4O3/c1-3-25-20(26-14-15-6-7-16(30-2)13-17(15)21(22,23)24)28-10-8-27(9-11-28)19(29)18-5-4-12-31-18/h6-7,13,18H,3-5,8-12,14H2,1-2H3,(H,25,26). The van der Waals surface area contributed by atoms with Crippen molar-refractivity contribution in [2.45, 2.75) is 38.6 Å². The molecule has 1 N–H and O–H groups in total. The van der Waals surface area contributed by atoms with E-state index in [1.54, 1.807) is 4.90 Å². The van der Waals surface area contributed by atoms with E-state index in [-0.39, 0.29) is 29.9 Å². The third kappa shape index (κ3) is 5.81. The summed E-state index contributed by atoms with van der Waals surface area (Å²) in [6.45, 7) is 5.16. The fraction of sp³-hybridized carbons (Fsp3) is 0.619. The van der Waals surface area contributed by atoms with Gasteiger partial charge in [0.15, 0.2) is 5.96 Å². The van der Waals surface area contributed by atoms with E-state index in [4.69, 9.17) is 9.47 Å². The number of methoxy groups -OCH3 is 1. The molecule has 2 aliphatic rings. The molecule has 10 heteroatoms. The Kier molecular flexibility index (Phi) is 7.64. The maximum atomic E-state index is 13.5. The van der Waals surface area contributed by atoms with Crippen molar-refractivity contribution >= 4 is 11.9 Å². The second-order valence-corrected chi connectivity index (χ2v) is 7.50. The molecule has 172 valence electrons. The largest absolute Gasteiger partial charge is 0.497 e. The number of carbonyl (C=O) groups excluding carboxylic acids is 1. The monoisotopic (exact) mass is 442 g/mol. The minimum atomic E-state index is -4.49. The molecule has 1 amide bonds. The summed E-state index contributed by atoms with van der Waals surface area (Å²) in [7, 11) is 1.33. The maximum absolute atomic E-state index is 13.5. The van der Waals surface area contributed by atoms with Crippen LogP contribution in [0.15, 0.2) is 23.2 Å². The normalized spacial score (nSPS) is 20.2. The molecule has 0 radical (unpaired) electrons. The highest BCUT2D eigenvalue weighted by Gasteiger charge is 2.34. The molecule has 31 heavy (non-hydrogen) atoms. The summed E-state index contributed by atoms with van der Waals surface area (Å²) in [4.78, 5) is 20.7. The molecule has 3 rings (SSSR count). The summed E-state index contributed by atoms with van der Waals surface area (Å²) in [6.07, 6.45) is -3.18. The first-order valence-electron chi connectivity index (χ1n) is 10.5. The van der Waals surface area contributed by atoms with Gasteiger partial charge in [-0.3, -0.25) is 4.79 Å². The second-order valence-electron chi connectivity index (χ2n) is 7.50. The lowest BCUT2D eigenvalue weighted by molar-refractivity contribution is -0.142. The SMILES string of the molecule is CCNC(=NCc1ccc(OC)cc1C(F)(F)F)N1CCN(C(=O)C2CCCO2)CC1. The number of hydrogen-bond acceptors (Lipinski definition) is 4. The summed E-state index contributed by atoms with van der Waals surface area (Å²) in [6, 6.07) is 3.89. The molecule has 2 saturated heterocycles. The van der Waals surface area contributed by atoms with Crippen LogP contribution >= 0.6 is 0 Å². The van der Waals surface area contributed by atoms with Crippen LogP contribution in [0.5, 0.6) is 5.75 Å². The van der Waals surface area contributed by atoms with Crippen LogP contribution in [0.2, 0.25) is 0 Å². The average molecular weight is 442 g/mol. The lowest BCUT2D eigenvalue weighted by Gasteiger charge is -2.37. The highest BCUT2D eigenvalue weighted by Crippen LogP contribution is 2.34. The quantitative estimate of drug-likeness (QED) is 0.561. The predicted octanol–water partition coefficient (Wildman–Crippen LogP) is 2.50. The number of alkyl halides is 3. The average Bonchev–Trinajstić information content (AvgIpc) is 3.30. The van der Waals surface area contributed by atoms with Crippen molar-refractivity contribution < 1.29 is 27.4 Å². The third-order valence-electron chi connectivity index (χ3n) is 5.45. The Bertz CT molecular complexity index is 787. The lowest BCUT2D eigenvalue weighted by atomic mass is 10.1. The van der Waals surface area contributed by atoms with Gasteiger partial charge in [0.25, 0.3) is 5.91 Å². The minimum Gasteiger partial charge on any atom is -0.497 e. The second kappa shape index (κ2) is 10.2. The molecular formula is C21H29F3N4O3. The van der Waals surface area contributed by atoms with Crippen molar-refractivity contribution in [3.8, 4) is 5.75 Å². The van der Waals surface area contributed by atoms with E-state index < -0.39 is 11.7 Å². The Morgan fingerprint density at radius 2 is 1.97 bits per heavy atom. The van der Waals surface area contributed by atoms with Gasteiger partial charge < -0.3 is 24.6 Å². The number of ether oxygens (including phenoxy) is 2. The van der Waals surface area contributed by atoms with Crippen LogP contribution < -0.4 is 10.1 Å². The van der Waals surface area contributed by atoms with E-state index in [0.717, 1.165) is 18.9 Å². The van der Waals surface area contributed by atoms with Crippen LogP contribution in [-0.4, -0.2) is 74.2 Å². The Hall–Kier alpha value is -2.49. The molecular weight excluding hydrogens is 413 g/mol. The van der Waals surface area contributed by atoms with Gasteiger partial charge in [-0.05, 0) is 37.5 Å². The first kappa shape index (κ1) is 23.2. The molecule has 2 aliphatic heterocycles. The number of nitrogens with zero attached hydrogens (tertiary/aromatic N) is 3. The van der Waals surface area contributed by atoms with Gasteiger partial charge in [0, 0.05) is 39.3 Å². The van der Waals surface area contributed by atoms with E-state index in [0.29, 0.717) is 45.3 Å². The number of benzene rings is 1. The molecule has 1 unspecified atom stereocenters. The van der Waals surface area contributed by atoms with Crippen LogP contribution in [0, 0.1) is 0 Å². The number of rotatable bonds is 5. The van der Waals surface area contributed by atoms with Crippen molar-refractivity contribution in [2.24, 2.45) is 4.99 Å². The number of carbonyl (C=O) groups is 1. The molecule has 0 bridgehead atoms. The summed E-state index contributed by atoms with van der Waals surface area (Å²) >= 11 is 0.